The van der Waals surface area contributed by atoms with Gasteiger partial charge in [-0.3, -0.25) is 4.79 Å². The first-order valence-electron chi connectivity index (χ1n) is 6.07. The number of pyridine rings is 1. The van der Waals surface area contributed by atoms with Crippen molar-refractivity contribution in [3.8, 4) is 6.07 Å². The standard InChI is InChI=1S/C15H11BrFN3O/c1-20(15(21)12-3-2-6-19-14(12)16)9-11-7-10(8-18)4-5-13(11)17/h2-7H,9H2,1H3. The average Bonchev–Trinajstić information content (AvgIpc) is 2.49. The summed E-state index contributed by atoms with van der Waals surface area (Å²) in [6.07, 6.45) is 1.57. The van der Waals surface area contributed by atoms with Crippen molar-refractivity contribution < 1.29 is 9.18 Å². The molecule has 0 saturated carbocycles. The Kier molecular flexibility index (Phi) is 4.66. The smallest absolute Gasteiger partial charge is 0.256 e. The van der Waals surface area contributed by atoms with Crippen LogP contribution in [0.1, 0.15) is 21.5 Å². The maximum Gasteiger partial charge on any atom is 0.256 e. The van der Waals surface area contributed by atoms with Crippen LogP contribution >= 0.6 is 15.9 Å². The van der Waals surface area contributed by atoms with E-state index in [0.29, 0.717) is 21.3 Å². The van der Waals surface area contributed by atoms with Crippen LogP contribution in [-0.4, -0.2) is 22.8 Å². The molecule has 2 aromatic rings. The SMILES string of the molecule is CN(Cc1cc(C#N)ccc1F)C(=O)c1cccnc1Br. The predicted octanol–water partition coefficient (Wildman–Crippen LogP) is 3.13. The summed E-state index contributed by atoms with van der Waals surface area (Å²) < 4.78 is 14.2. The first-order valence-corrected chi connectivity index (χ1v) is 6.86. The molecular formula is C15H11BrFN3O. The molecule has 0 spiro atoms. The maximum absolute atomic E-state index is 13.7. The number of hydrogen-bond donors (Lipinski definition) is 0. The second-order valence-corrected chi connectivity index (χ2v) is 5.17. The van der Waals surface area contributed by atoms with Crippen LogP contribution < -0.4 is 0 Å². The highest BCUT2D eigenvalue weighted by Crippen LogP contribution is 2.17. The largest absolute Gasteiger partial charge is 0.337 e. The van der Waals surface area contributed by atoms with E-state index < -0.39 is 5.82 Å². The molecule has 0 fully saturated rings. The monoisotopic (exact) mass is 347 g/mol. The lowest BCUT2D eigenvalue weighted by atomic mass is 10.1. The zero-order valence-electron chi connectivity index (χ0n) is 11.2. The summed E-state index contributed by atoms with van der Waals surface area (Å²) in [6, 6.07) is 9.31. The van der Waals surface area contributed by atoms with Crippen molar-refractivity contribution in [2.45, 2.75) is 6.54 Å². The first kappa shape index (κ1) is 15.1. The Bertz CT molecular complexity index is 727. The Labute approximate surface area is 130 Å². The van der Waals surface area contributed by atoms with Gasteiger partial charge >= 0.3 is 0 Å². The number of halogens is 2. The van der Waals surface area contributed by atoms with Gasteiger partial charge in [0.2, 0.25) is 0 Å². The van der Waals surface area contributed by atoms with Gasteiger partial charge in [-0.2, -0.15) is 5.26 Å². The Hall–Kier alpha value is -2.26. The summed E-state index contributed by atoms with van der Waals surface area (Å²) in [5.41, 5.74) is 1.05. The topological polar surface area (TPSA) is 57.0 Å². The molecule has 2 rings (SSSR count). The molecule has 0 aliphatic carbocycles. The molecule has 1 heterocycles. The van der Waals surface area contributed by atoms with Gasteiger partial charge in [0, 0.05) is 25.4 Å². The van der Waals surface area contributed by atoms with Crippen molar-refractivity contribution in [1.82, 2.24) is 9.88 Å². The molecule has 21 heavy (non-hydrogen) atoms. The van der Waals surface area contributed by atoms with E-state index in [1.165, 1.54) is 23.1 Å². The van der Waals surface area contributed by atoms with E-state index in [0.717, 1.165) is 0 Å². The summed E-state index contributed by atoms with van der Waals surface area (Å²) in [5.74, 6) is -0.726. The lowest BCUT2D eigenvalue weighted by Crippen LogP contribution is -2.27. The Morgan fingerprint density at radius 2 is 2.24 bits per heavy atom. The molecule has 0 aliphatic rings. The van der Waals surface area contributed by atoms with E-state index in [9.17, 15) is 9.18 Å². The molecule has 1 amide bonds. The molecule has 1 aromatic heterocycles. The van der Waals surface area contributed by atoms with Crippen LogP contribution in [0.4, 0.5) is 4.39 Å². The minimum atomic E-state index is -0.445. The minimum absolute atomic E-state index is 0.0710. The Morgan fingerprint density at radius 3 is 2.90 bits per heavy atom. The highest BCUT2D eigenvalue weighted by molar-refractivity contribution is 9.10. The van der Waals surface area contributed by atoms with Crippen molar-refractivity contribution in [2.75, 3.05) is 7.05 Å². The lowest BCUT2D eigenvalue weighted by molar-refractivity contribution is 0.0782. The van der Waals surface area contributed by atoms with Crippen LogP contribution in [0.2, 0.25) is 0 Å². The fraction of sp³-hybridized carbons (Fsp3) is 0.133. The van der Waals surface area contributed by atoms with E-state index in [1.54, 1.807) is 25.4 Å². The van der Waals surface area contributed by atoms with Gasteiger partial charge in [0.05, 0.1) is 17.2 Å². The van der Waals surface area contributed by atoms with E-state index in [4.69, 9.17) is 5.26 Å². The highest BCUT2D eigenvalue weighted by Gasteiger charge is 2.17. The average molecular weight is 348 g/mol. The third kappa shape index (κ3) is 3.44. The van der Waals surface area contributed by atoms with Gasteiger partial charge in [0.15, 0.2) is 0 Å². The van der Waals surface area contributed by atoms with Crippen LogP contribution in [-0.2, 0) is 6.54 Å². The van der Waals surface area contributed by atoms with E-state index in [1.807, 2.05) is 6.07 Å². The van der Waals surface area contributed by atoms with Gasteiger partial charge in [0.25, 0.3) is 5.91 Å². The number of amides is 1. The third-order valence-corrected chi connectivity index (χ3v) is 3.55. The molecule has 0 bridgehead atoms. The Morgan fingerprint density at radius 1 is 1.48 bits per heavy atom. The number of carbonyl (C=O) groups is 1. The van der Waals surface area contributed by atoms with E-state index >= 15 is 0 Å². The summed E-state index contributed by atoms with van der Waals surface area (Å²) in [5, 5.41) is 8.84. The van der Waals surface area contributed by atoms with Gasteiger partial charge < -0.3 is 4.90 Å². The van der Waals surface area contributed by atoms with Crippen molar-refractivity contribution >= 4 is 21.8 Å². The quantitative estimate of drug-likeness (QED) is 0.801. The van der Waals surface area contributed by atoms with Crippen LogP contribution in [0.3, 0.4) is 0 Å². The highest BCUT2D eigenvalue weighted by atomic mass is 79.9. The van der Waals surface area contributed by atoms with Crippen LogP contribution in [0, 0.1) is 17.1 Å². The van der Waals surface area contributed by atoms with Gasteiger partial charge in [-0.15, -0.1) is 0 Å². The zero-order valence-corrected chi connectivity index (χ0v) is 12.8. The number of nitriles is 1. The molecular weight excluding hydrogens is 337 g/mol. The zero-order chi connectivity index (χ0) is 15.4. The molecule has 0 N–H and O–H groups in total. The van der Waals surface area contributed by atoms with Crippen molar-refractivity contribution in [1.29, 1.82) is 5.26 Å². The third-order valence-electron chi connectivity index (χ3n) is 2.92. The lowest BCUT2D eigenvalue weighted by Gasteiger charge is -2.18. The molecule has 4 nitrogen and oxygen atoms in total. The molecule has 0 radical (unpaired) electrons. The van der Waals surface area contributed by atoms with Gasteiger partial charge in [-0.25, -0.2) is 9.37 Å². The number of rotatable bonds is 3. The summed E-state index contributed by atoms with van der Waals surface area (Å²) in [7, 11) is 1.57. The fourth-order valence-corrected chi connectivity index (χ4v) is 2.26. The second-order valence-electron chi connectivity index (χ2n) is 4.42. The molecule has 106 valence electrons. The first-order chi connectivity index (χ1) is 10.0. The van der Waals surface area contributed by atoms with Crippen molar-refractivity contribution in [3.63, 3.8) is 0 Å². The van der Waals surface area contributed by atoms with E-state index in [-0.39, 0.29) is 12.5 Å². The summed E-state index contributed by atoms with van der Waals surface area (Å²) in [6.45, 7) is 0.0710. The van der Waals surface area contributed by atoms with E-state index in [2.05, 4.69) is 20.9 Å². The van der Waals surface area contributed by atoms with Crippen LogP contribution in [0.25, 0.3) is 0 Å². The normalized spacial score (nSPS) is 10.0. The number of carbonyl (C=O) groups excluding carboxylic acids is 1. The number of hydrogen-bond acceptors (Lipinski definition) is 3. The summed E-state index contributed by atoms with van der Waals surface area (Å²) in [4.78, 5) is 17.7. The predicted molar refractivity (Wildman–Crippen MR) is 78.8 cm³/mol. The number of nitrogens with zero attached hydrogens (tertiary/aromatic N) is 3. The summed E-state index contributed by atoms with van der Waals surface area (Å²) >= 11 is 3.21. The van der Waals surface area contributed by atoms with Crippen molar-refractivity contribution in [3.05, 3.63) is 63.6 Å². The Balaban J connectivity index is 2.22. The van der Waals surface area contributed by atoms with Crippen LogP contribution in [0.5, 0.6) is 0 Å². The molecule has 0 aliphatic heterocycles. The molecule has 0 unspecified atom stereocenters. The van der Waals surface area contributed by atoms with Crippen molar-refractivity contribution in [2.24, 2.45) is 0 Å². The number of benzene rings is 1. The minimum Gasteiger partial charge on any atom is -0.337 e. The molecule has 6 heteroatoms. The maximum atomic E-state index is 13.7. The fourth-order valence-electron chi connectivity index (χ4n) is 1.84. The second kappa shape index (κ2) is 6.46. The molecule has 1 aromatic carbocycles. The molecule has 0 atom stereocenters. The van der Waals surface area contributed by atoms with Gasteiger partial charge in [-0.05, 0) is 46.3 Å². The van der Waals surface area contributed by atoms with Crippen LogP contribution in [0.15, 0.2) is 41.1 Å². The van der Waals surface area contributed by atoms with Gasteiger partial charge in [0.1, 0.15) is 10.4 Å². The molecule has 0 saturated heterocycles. The van der Waals surface area contributed by atoms with Gasteiger partial charge in [-0.1, -0.05) is 0 Å². The number of aromatic nitrogens is 1.